The van der Waals surface area contributed by atoms with Gasteiger partial charge in [-0.1, -0.05) is 18.2 Å². The second-order valence-corrected chi connectivity index (χ2v) is 4.77. The normalized spacial score (nSPS) is 13.7. The summed E-state index contributed by atoms with van der Waals surface area (Å²) in [6.45, 7) is -0.676. The predicted octanol–water partition coefficient (Wildman–Crippen LogP) is -0.682. The van der Waals surface area contributed by atoms with Crippen molar-refractivity contribution in [2.45, 2.75) is 11.0 Å². The summed E-state index contributed by atoms with van der Waals surface area (Å²) < 4.78 is 25.3. The maximum Gasteiger partial charge on any atom is 0.240 e. The van der Waals surface area contributed by atoms with Crippen molar-refractivity contribution in [3.8, 4) is 0 Å². The molecule has 0 unspecified atom stereocenters. The van der Waals surface area contributed by atoms with Crippen molar-refractivity contribution in [3.05, 3.63) is 30.3 Å². The standard InChI is InChI=1S/C9H13NO4S/c11-7-8(12)6-10-15(13,14)9-4-2-1-3-5-9/h1-5,8,10-12H,6-7H2/t8-/m0/s1. The van der Waals surface area contributed by atoms with E-state index in [1.54, 1.807) is 18.2 Å². The van der Waals surface area contributed by atoms with Crippen molar-refractivity contribution in [2.24, 2.45) is 0 Å². The van der Waals surface area contributed by atoms with Gasteiger partial charge >= 0.3 is 0 Å². The highest BCUT2D eigenvalue weighted by Gasteiger charge is 2.14. The molecule has 0 saturated carbocycles. The van der Waals surface area contributed by atoms with E-state index >= 15 is 0 Å². The predicted molar refractivity (Wildman–Crippen MR) is 54.7 cm³/mol. The van der Waals surface area contributed by atoms with Gasteiger partial charge in [0, 0.05) is 6.54 Å². The fourth-order valence-electron chi connectivity index (χ4n) is 0.953. The smallest absolute Gasteiger partial charge is 0.240 e. The molecular formula is C9H13NO4S. The monoisotopic (exact) mass is 231 g/mol. The summed E-state index contributed by atoms with van der Waals surface area (Å²) in [5.41, 5.74) is 0. The third-order valence-corrected chi connectivity index (χ3v) is 3.21. The Balaban J connectivity index is 2.69. The highest BCUT2D eigenvalue weighted by atomic mass is 32.2. The average molecular weight is 231 g/mol. The Kier molecular flexibility index (Phi) is 4.22. The van der Waals surface area contributed by atoms with Crippen LogP contribution in [0.25, 0.3) is 0 Å². The fourth-order valence-corrected chi connectivity index (χ4v) is 2.05. The van der Waals surface area contributed by atoms with Crippen LogP contribution in [-0.2, 0) is 10.0 Å². The molecule has 1 atom stereocenters. The van der Waals surface area contributed by atoms with Crippen molar-refractivity contribution in [2.75, 3.05) is 13.2 Å². The molecule has 0 aliphatic heterocycles. The van der Waals surface area contributed by atoms with Crippen LogP contribution in [0.3, 0.4) is 0 Å². The van der Waals surface area contributed by atoms with Gasteiger partial charge in [-0.05, 0) is 12.1 Å². The molecule has 0 spiro atoms. The first-order chi connectivity index (χ1) is 7.06. The Morgan fingerprint density at radius 3 is 2.40 bits per heavy atom. The first-order valence-corrected chi connectivity index (χ1v) is 5.88. The topological polar surface area (TPSA) is 86.6 Å². The summed E-state index contributed by atoms with van der Waals surface area (Å²) >= 11 is 0. The van der Waals surface area contributed by atoms with Gasteiger partial charge in [0.15, 0.2) is 0 Å². The number of hydrogen-bond donors (Lipinski definition) is 3. The molecular weight excluding hydrogens is 218 g/mol. The lowest BCUT2D eigenvalue weighted by Crippen LogP contribution is -2.33. The first kappa shape index (κ1) is 12.1. The molecule has 0 amide bonds. The van der Waals surface area contributed by atoms with Gasteiger partial charge in [0.1, 0.15) is 0 Å². The second-order valence-electron chi connectivity index (χ2n) is 3.00. The highest BCUT2D eigenvalue weighted by Crippen LogP contribution is 2.06. The second kappa shape index (κ2) is 5.22. The molecule has 6 heteroatoms. The van der Waals surface area contributed by atoms with Crippen LogP contribution in [0, 0.1) is 0 Å². The molecule has 5 nitrogen and oxygen atoms in total. The summed E-state index contributed by atoms with van der Waals surface area (Å²) in [5.74, 6) is 0. The minimum absolute atomic E-state index is 0.134. The molecule has 0 fully saturated rings. The van der Waals surface area contributed by atoms with Crippen LogP contribution >= 0.6 is 0 Å². The van der Waals surface area contributed by atoms with Crippen molar-refractivity contribution in [3.63, 3.8) is 0 Å². The van der Waals surface area contributed by atoms with E-state index in [0.29, 0.717) is 0 Å². The van der Waals surface area contributed by atoms with E-state index in [9.17, 15) is 8.42 Å². The minimum atomic E-state index is -3.59. The lowest BCUT2D eigenvalue weighted by Gasteiger charge is -2.09. The zero-order chi connectivity index (χ0) is 11.3. The zero-order valence-electron chi connectivity index (χ0n) is 8.00. The number of aliphatic hydroxyl groups is 2. The van der Waals surface area contributed by atoms with Crippen molar-refractivity contribution < 1.29 is 18.6 Å². The Bertz CT molecular complexity index is 390. The Hall–Kier alpha value is -0.950. The molecule has 0 aromatic heterocycles. The maximum atomic E-state index is 11.5. The summed E-state index contributed by atoms with van der Waals surface area (Å²) in [6.07, 6.45) is -1.08. The number of nitrogens with one attached hydrogen (secondary N) is 1. The van der Waals surface area contributed by atoms with Crippen molar-refractivity contribution in [1.82, 2.24) is 4.72 Å². The van der Waals surface area contributed by atoms with Crippen LogP contribution in [0.4, 0.5) is 0 Å². The van der Waals surface area contributed by atoms with Crippen LogP contribution < -0.4 is 4.72 Å². The quantitative estimate of drug-likeness (QED) is 0.626. The lowest BCUT2D eigenvalue weighted by atomic mass is 10.4. The summed E-state index contributed by atoms with van der Waals surface area (Å²) in [5, 5.41) is 17.5. The minimum Gasteiger partial charge on any atom is -0.394 e. The van der Waals surface area contributed by atoms with Gasteiger partial charge in [-0.25, -0.2) is 13.1 Å². The molecule has 0 radical (unpaired) electrons. The number of sulfonamides is 1. The van der Waals surface area contributed by atoms with E-state index < -0.39 is 22.7 Å². The molecule has 1 rings (SSSR count). The molecule has 1 aromatic carbocycles. The van der Waals surface area contributed by atoms with Gasteiger partial charge in [0.05, 0.1) is 17.6 Å². The van der Waals surface area contributed by atoms with Crippen LogP contribution in [-0.4, -0.2) is 37.9 Å². The van der Waals surface area contributed by atoms with Crippen molar-refractivity contribution >= 4 is 10.0 Å². The van der Waals surface area contributed by atoms with Crippen molar-refractivity contribution in [1.29, 1.82) is 0 Å². The van der Waals surface area contributed by atoms with Gasteiger partial charge in [-0.3, -0.25) is 0 Å². The number of aliphatic hydroxyl groups excluding tert-OH is 2. The molecule has 0 bridgehead atoms. The molecule has 0 saturated heterocycles. The van der Waals surface area contributed by atoms with E-state index in [1.165, 1.54) is 12.1 Å². The lowest BCUT2D eigenvalue weighted by molar-refractivity contribution is 0.0988. The Labute approximate surface area is 88.4 Å². The third-order valence-electron chi connectivity index (χ3n) is 1.77. The maximum absolute atomic E-state index is 11.5. The van der Waals surface area contributed by atoms with Crippen LogP contribution in [0.1, 0.15) is 0 Å². The van der Waals surface area contributed by atoms with E-state index in [4.69, 9.17) is 10.2 Å². The van der Waals surface area contributed by atoms with Gasteiger partial charge in [-0.15, -0.1) is 0 Å². The number of benzene rings is 1. The molecule has 1 aromatic rings. The van der Waals surface area contributed by atoms with E-state index in [2.05, 4.69) is 4.72 Å². The van der Waals surface area contributed by atoms with Gasteiger partial charge < -0.3 is 10.2 Å². The zero-order valence-corrected chi connectivity index (χ0v) is 8.81. The number of rotatable bonds is 5. The molecule has 84 valence electrons. The molecule has 15 heavy (non-hydrogen) atoms. The van der Waals surface area contributed by atoms with Gasteiger partial charge in [0.2, 0.25) is 10.0 Å². The SMILES string of the molecule is O=S(=O)(NC[C@H](O)CO)c1ccccc1. The molecule has 0 aliphatic carbocycles. The first-order valence-electron chi connectivity index (χ1n) is 4.40. The number of hydrogen-bond acceptors (Lipinski definition) is 4. The summed E-state index contributed by atoms with van der Waals surface area (Å²) in [7, 11) is -3.59. The molecule has 0 heterocycles. The van der Waals surface area contributed by atoms with Crippen LogP contribution in [0.2, 0.25) is 0 Å². The summed E-state index contributed by atoms with van der Waals surface area (Å²) in [6, 6.07) is 7.83. The van der Waals surface area contributed by atoms with Gasteiger partial charge in [-0.2, -0.15) is 0 Å². The average Bonchev–Trinajstić information content (AvgIpc) is 2.27. The molecule has 3 N–H and O–H groups in total. The molecule has 0 aliphatic rings. The van der Waals surface area contributed by atoms with Crippen LogP contribution in [0.15, 0.2) is 35.2 Å². The Morgan fingerprint density at radius 2 is 1.87 bits per heavy atom. The fraction of sp³-hybridized carbons (Fsp3) is 0.333. The highest BCUT2D eigenvalue weighted by molar-refractivity contribution is 7.89. The Morgan fingerprint density at radius 1 is 1.27 bits per heavy atom. The van der Waals surface area contributed by atoms with E-state index in [0.717, 1.165) is 0 Å². The van der Waals surface area contributed by atoms with E-state index in [-0.39, 0.29) is 11.4 Å². The van der Waals surface area contributed by atoms with Crippen LogP contribution in [0.5, 0.6) is 0 Å². The van der Waals surface area contributed by atoms with Gasteiger partial charge in [0.25, 0.3) is 0 Å². The van der Waals surface area contributed by atoms with E-state index in [1.807, 2.05) is 0 Å². The largest absolute Gasteiger partial charge is 0.394 e. The third kappa shape index (κ3) is 3.60. The summed E-state index contributed by atoms with van der Waals surface area (Å²) in [4.78, 5) is 0.134.